The fourth-order valence-corrected chi connectivity index (χ4v) is 4.03. The molecular formula is C27H40N2O3. The summed E-state index contributed by atoms with van der Waals surface area (Å²) in [7, 11) is 0. The number of nitro groups is 1. The average Bonchev–Trinajstić information content (AvgIpc) is 2.81. The number of para-hydroxylation sites is 1. The Kier molecular flexibility index (Phi) is 11.6. The molecule has 2 aromatic rings. The van der Waals surface area contributed by atoms with E-state index >= 15 is 0 Å². The van der Waals surface area contributed by atoms with Crippen molar-refractivity contribution in [2.24, 2.45) is 0 Å². The molecule has 2 aromatic carbocycles. The monoisotopic (exact) mass is 440 g/mol. The summed E-state index contributed by atoms with van der Waals surface area (Å²) < 4.78 is 6.06. The number of ether oxygens (including phenoxy) is 1. The van der Waals surface area contributed by atoms with Crippen molar-refractivity contribution < 1.29 is 9.66 Å². The van der Waals surface area contributed by atoms with Crippen LogP contribution < -0.4 is 10.1 Å². The predicted molar refractivity (Wildman–Crippen MR) is 134 cm³/mol. The van der Waals surface area contributed by atoms with Crippen molar-refractivity contribution in [3.05, 3.63) is 63.2 Å². The zero-order valence-electron chi connectivity index (χ0n) is 20.1. The third-order valence-electron chi connectivity index (χ3n) is 5.96. The summed E-state index contributed by atoms with van der Waals surface area (Å²) in [5.41, 5.74) is 4.58. The Balaban J connectivity index is 1.97. The molecule has 0 spiro atoms. The number of anilines is 1. The second-order valence-corrected chi connectivity index (χ2v) is 8.38. The lowest BCUT2D eigenvalue weighted by Crippen LogP contribution is -2.08. The van der Waals surface area contributed by atoms with Gasteiger partial charge >= 0.3 is 0 Å². The van der Waals surface area contributed by atoms with Crippen molar-refractivity contribution in [1.82, 2.24) is 0 Å². The quantitative estimate of drug-likeness (QED) is 0.164. The fourth-order valence-electron chi connectivity index (χ4n) is 4.03. The molecule has 0 aliphatic rings. The molecule has 0 aromatic heterocycles. The van der Waals surface area contributed by atoms with Gasteiger partial charge in [0.1, 0.15) is 5.75 Å². The molecule has 0 fully saturated rings. The van der Waals surface area contributed by atoms with E-state index in [4.69, 9.17) is 4.74 Å². The van der Waals surface area contributed by atoms with Crippen molar-refractivity contribution in [1.29, 1.82) is 0 Å². The largest absolute Gasteiger partial charge is 0.493 e. The van der Waals surface area contributed by atoms with Gasteiger partial charge in [0.15, 0.2) is 0 Å². The van der Waals surface area contributed by atoms with Gasteiger partial charge < -0.3 is 10.1 Å². The Labute approximate surface area is 193 Å². The van der Waals surface area contributed by atoms with Crippen LogP contribution in [0.4, 0.5) is 11.4 Å². The van der Waals surface area contributed by atoms with Gasteiger partial charge in [0, 0.05) is 29.9 Å². The highest BCUT2D eigenvalue weighted by atomic mass is 16.6. The Hall–Kier alpha value is -2.56. The SMILES string of the molecule is CCCCCCCCCCOc1ccc([N+](=O)[O-])cc1CNc1c(CC)cccc1CC. The van der Waals surface area contributed by atoms with Gasteiger partial charge in [-0.15, -0.1) is 0 Å². The minimum atomic E-state index is -0.344. The number of benzene rings is 2. The van der Waals surface area contributed by atoms with Crippen LogP contribution in [0.15, 0.2) is 36.4 Å². The fraction of sp³-hybridized carbons (Fsp3) is 0.556. The van der Waals surface area contributed by atoms with Gasteiger partial charge in [0.05, 0.1) is 11.5 Å². The molecule has 1 N–H and O–H groups in total. The number of unbranched alkanes of at least 4 members (excludes halogenated alkanes) is 7. The van der Waals surface area contributed by atoms with E-state index in [1.54, 1.807) is 12.1 Å². The van der Waals surface area contributed by atoms with Gasteiger partial charge in [-0.25, -0.2) is 0 Å². The van der Waals surface area contributed by atoms with Crippen LogP contribution in [0.3, 0.4) is 0 Å². The molecule has 0 unspecified atom stereocenters. The summed E-state index contributed by atoms with van der Waals surface area (Å²) in [5.74, 6) is 0.734. The molecule has 0 aliphatic carbocycles. The van der Waals surface area contributed by atoms with Gasteiger partial charge in [-0.1, -0.05) is 83.9 Å². The Bertz CT molecular complexity index is 813. The molecular weight excluding hydrogens is 400 g/mol. The van der Waals surface area contributed by atoms with E-state index in [0.29, 0.717) is 13.2 Å². The molecule has 32 heavy (non-hydrogen) atoms. The summed E-state index contributed by atoms with van der Waals surface area (Å²) in [6.07, 6.45) is 11.9. The van der Waals surface area contributed by atoms with Gasteiger partial charge in [0.25, 0.3) is 5.69 Å². The molecule has 0 saturated heterocycles. The number of hydrogen-bond donors (Lipinski definition) is 1. The first-order valence-corrected chi connectivity index (χ1v) is 12.3. The Morgan fingerprint density at radius 2 is 1.47 bits per heavy atom. The molecule has 0 atom stereocenters. The lowest BCUT2D eigenvalue weighted by atomic mass is 10.0. The van der Waals surface area contributed by atoms with Crippen LogP contribution in [0.5, 0.6) is 5.75 Å². The minimum absolute atomic E-state index is 0.0979. The summed E-state index contributed by atoms with van der Waals surface area (Å²) in [4.78, 5) is 11.0. The van der Waals surface area contributed by atoms with Gasteiger partial charge in [0.2, 0.25) is 0 Å². The van der Waals surface area contributed by atoms with E-state index in [1.165, 1.54) is 55.7 Å². The van der Waals surface area contributed by atoms with E-state index in [9.17, 15) is 10.1 Å². The molecule has 5 nitrogen and oxygen atoms in total. The molecule has 2 rings (SSSR count). The Morgan fingerprint density at radius 1 is 0.844 bits per heavy atom. The first-order chi connectivity index (χ1) is 15.6. The normalized spacial score (nSPS) is 10.8. The number of rotatable bonds is 16. The molecule has 0 aliphatic heterocycles. The second kappa shape index (κ2) is 14.5. The third kappa shape index (κ3) is 8.18. The number of nitrogens with zero attached hydrogens (tertiary/aromatic N) is 1. The molecule has 0 heterocycles. The Morgan fingerprint density at radius 3 is 2.06 bits per heavy atom. The van der Waals surface area contributed by atoms with Gasteiger partial charge in [-0.2, -0.15) is 0 Å². The van der Waals surface area contributed by atoms with E-state index < -0.39 is 0 Å². The number of hydrogen-bond acceptors (Lipinski definition) is 4. The smallest absolute Gasteiger partial charge is 0.270 e. The molecule has 0 amide bonds. The van der Waals surface area contributed by atoms with Crippen LogP contribution in [0.25, 0.3) is 0 Å². The zero-order chi connectivity index (χ0) is 23.2. The highest BCUT2D eigenvalue weighted by Crippen LogP contribution is 2.28. The minimum Gasteiger partial charge on any atom is -0.493 e. The maximum Gasteiger partial charge on any atom is 0.270 e. The first-order valence-electron chi connectivity index (χ1n) is 12.3. The maximum absolute atomic E-state index is 11.3. The lowest BCUT2D eigenvalue weighted by Gasteiger charge is -2.17. The summed E-state index contributed by atoms with van der Waals surface area (Å²) in [5, 5.41) is 14.8. The maximum atomic E-state index is 11.3. The van der Waals surface area contributed by atoms with E-state index in [-0.39, 0.29) is 10.6 Å². The summed E-state index contributed by atoms with van der Waals surface area (Å²) >= 11 is 0. The number of nitro benzene ring substituents is 1. The summed E-state index contributed by atoms with van der Waals surface area (Å²) in [6.45, 7) is 7.67. The molecule has 0 radical (unpaired) electrons. The molecule has 0 saturated carbocycles. The van der Waals surface area contributed by atoms with E-state index in [2.05, 4.69) is 44.3 Å². The van der Waals surface area contributed by atoms with Crippen LogP contribution in [-0.2, 0) is 19.4 Å². The standard InChI is InChI=1S/C27H40N2O3/c1-4-7-8-9-10-11-12-13-19-32-26-18-17-25(29(30)31)20-24(26)21-28-27-22(5-2)15-14-16-23(27)6-3/h14-18,20,28H,4-13,19,21H2,1-3H3. The van der Waals surface area contributed by atoms with Crippen LogP contribution in [-0.4, -0.2) is 11.5 Å². The molecule has 0 bridgehead atoms. The van der Waals surface area contributed by atoms with Crippen LogP contribution in [0, 0.1) is 10.1 Å². The average molecular weight is 441 g/mol. The number of nitrogens with one attached hydrogen (secondary N) is 1. The van der Waals surface area contributed by atoms with Crippen molar-refractivity contribution in [2.75, 3.05) is 11.9 Å². The van der Waals surface area contributed by atoms with Crippen molar-refractivity contribution in [2.45, 2.75) is 91.5 Å². The number of non-ortho nitro benzene ring substituents is 1. The van der Waals surface area contributed by atoms with Crippen molar-refractivity contribution >= 4 is 11.4 Å². The van der Waals surface area contributed by atoms with Crippen LogP contribution in [0.1, 0.15) is 88.8 Å². The highest BCUT2D eigenvalue weighted by molar-refractivity contribution is 5.59. The van der Waals surface area contributed by atoms with E-state index in [0.717, 1.165) is 42.7 Å². The topological polar surface area (TPSA) is 64.4 Å². The highest BCUT2D eigenvalue weighted by Gasteiger charge is 2.13. The van der Waals surface area contributed by atoms with Gasteiger partial charge in [-0.05, 0) is 36.5 Å². The molecule has 5 heteroatoms. The second-order valence-electron chi connectivity index (χ2n) is 8.38. The predicted octanol–water partition coefficient (Wildman–Crippen LogP) is 7.85. The first kappa shape index (κ1) is 25.7. The third-order valence-corrected chi connectivity index (χ3v) is 5.96. The van der Waals surface area contributed by atoms with Crippen molar-refractivity contribution in [3.63, 3.8) is 0 Å². The number of aryl methyl sites for hydroxylation is 2. The summed E-state index contributed by atoms with van der Waals surface area (Å²) in [6, 6.07) is 11.3. The molecule has 176 valence electrons. The zero-order valence-corrected chi connectivity index (χ0v) is 20.1. The van der Waals surface area contributed by atoms with Crippen molar-refractivity contribution in [3.8, 4) is 5.75 Å². The van der Waals surface area contributed by atoms with Crippen LogP contribution in [0.2, 0.25) is 0 Å². The van der Waals surface area contributed by atoms with E-state index in [1.807, 2.05) is 0 Å². The lowest BCUT2D eigenvalue weighted by molar-refractivity contribution is -0.384. The van der Waals surface area contributed by atoms with Gasteiger partial charge in [-0.3, -0.25) is 10.1 Å². The van der Waals surface area contributed by atoms with Crippen LogP contribution >= 0.6 is 0 Å².